The third-order valence-corrected chi connectivity index (χ3v) is 4.48. The number of amides is 1. The van der Waals surface area contributed by atoms with Crippen LogP contribution in [0.1, 0.15) is 44.0 Å². The van der Waals surface area contributed by atoms with E-state index in [0.717, 1.165) is 18.9 Å². The van der Waals surface area contributed by atoms with E-state index in [1.807, 2.05) is 20.8 Å². The fraction of sp³-hybridized carbons (Fsp3) is 0.556. The number of carbonyl (C=O) groups excluding carboxylic acids is 2. The van der Waals surface area contributed by atoms with Crippen LogP contribution in [0.15, 0.2) is 16.6 Å². The van der Waals surface area contributed by atoms with Gasteiger partial charge in [-0.15, -0.1) is 0 Å². The highest BCUT2D eigenvalue weighted by molar-refractivity contribution is 9.10. The molecule has 0 atom stereocenters. The predicted molar refractivity (Wildman–Crippen MR) is 95.5 cm³/mol. The van der Waals surface area contributed by atoms with Gasteiger partial charge in [0.05, 0.1) is 11.1 Å². The molecule has 0 spiro atoms. The van der Waals surface area contributed by atoms with Crippen molar-refractivity contribution in [3.05, 3.63) is 28.0 Å². The van der Waals surface area contributed by atoms with Crippen molar-refractivity contribution >= 4 is 28.3 Å². The minimum absolute atomic E-state index is 0.111. The molecule has 0 bridgehead atoms. The van der Waals surface area contributed by atoms with E-state index in [1.54, 1.807) is 4.90 Å². The van der Waals surface area contributed by atoms with Crippen LogP contribution in [0.3, 0.4) is 0 Å². The van der Waals surface area contributed by atoms with Gasteiger partial charge in [-0.25, -0.2) is 9.18 Å². The number of rotatable bonds is 4. The van der Waals surface area contributed by atoms with Crippen LogP contribution >= 0.6 is 15.9 Å². The standard InChI is InChI=1S/C18H23BrFNO4/c1-18(2,3)25-17(23)21-6-4-12(5-7-21)11-24-16-14(19)8-13(10-22)9-15(16)20/h8-10,12H,4-7,11H2,1-3H3. The second kappa shape index (κ2) is 8.17. The Kier molecular flexibility index (Phi) is 6.43. The van der Waals surface area contributed by atoms with Crippen LogP contribution < -0.4 is 4.74 Å². The summed E-state index contributed by atoms with van der Waals surface area (Å²) < 4.78 is 25.4. The number of piperidine rings is 1. The predicted octanol–water partition coefficient (Wildman–Crippen LogP) is 4.43. The fourth-order valence-corrected chi connectivity index (χ4v) is 3.16. The van der Waals surface area contributed by atoms with Crippen LogP contribution in [-0.4, -0.2) is 42.6 Å². The highest BCUT2D eigenvalue weighted by atomic mass is 79.9. The number of aldehydes is 1. The molecule has 0 unspecified atom stereocenters. The van der Waals surface area contributed by atoms with Gasteiger partial charge < -0.3 is 14.4 Å². The Hall–Kier alpha value is -1.63. The summed E-state index contributed by atoms with van der Waals surface area (Å²) in [6.07, 6.45) is 1.82. The molecule has 1 amide bonds. The number of likely N-dealkylation sites (tertiary alicyclic amines) is 1. The molecule has 7 heteroatoms. The van der Waals surface area contributed by atoms with Crippen molar-refractivity contribution in [2.45, 2.75) is 39.2 Å². The smallest absolute Gasteiger partial charge is 0.410 e. The molecular weight excluding hydrogens is 393 g/mol. The highest BCUT2D eigenvalue weighted by Crippen LogP contribution is 2.30. The number of nitrogens with zero attached hydrogens (tertiary/aromatic N) is 1. The number of ether oxygens (including phenoxy) is 2. The maximum Gasteiger partial charge on any atom is 0.410 e. The largest absolute Gasteiger partial charge is 0.489 e. The van der Waals surface area contributed by atoms with E-state index >= 15 is 0 Å². The first-order chi connectivity index (χ1) is 11.7. The van der Waals surface area contributed by atoms with Crippen molar-refractivity contribution in [1.82, 2.24) is 4.90 Å². The van der Waals surface area contributed by atoms with Crippen LogP contribution in [0.4, 0.5) is 9.18 Å². The quantitative estimate of drug-likeness (QED) is 0.682. The second-order valence-electron chi connectivity index (χ2n) is 7.15. The zero-order valence-corrected chi connectivity index (χ0v) is 16.3. The number of hydrogen-bond acceptors (Lipinski definition) is 4. The van der Waals surface area contributed by atoms with E-state index in [0.29, 0.717) is 30.5 Å². The Balaban J connectivity index is 1.85. The summed E-state index contributed by atoms with van der Waals surface area (Å²) in [5.74, 6) is -0.224. The molecule has 0 radical (unpaired) electrons. The molecule has 1 saturated heterocycles. The molecule has 138 valence electrons. The molecule has 2 rings (SSSR count). The number of halogens is 2. The van der Waals surface area contributed by atoms with Crippen LogP contribution in [0.5, 0.6) is 5.75 Å². The topological polar surface area (TPSA) is 55.8 Å². The summed E-state index contributed by atoms with van der Waals surface area (Å²) in [6.45, 7) is 7.07. The van der Waals surface area contributed by atoms with Gasteiger partial charge in [-0.05, 0) is 67.6 Å². The molecule has 0 aromatic heterocycles. The molecule has 0 saturated carbocycles. The summed E-state index contributed by atoms with van der Waals surface area (Å²) in [5, 5.41) is 0. The maximum absolute atomic E-state index is 14.0. The van der Waals surface area contributed by atoms with E-state index in [4.69, 9.17) is 9.47 Å². The molecule has 1 aromatic carbocycles. The van der Waals surface area contributed by atoms with Gasteiger partial charge in [0.15, 0.2) is 11.6 Å². The normalized spacial score (nSPS) is 15.8. The first-order valence-corrected chi connectivity index (χ1v) is 9.04. The van der Waals surface area contributed by atoms with Crippen LogP contribution in [0.25, 0.3) is 0 Å². The number of hydrogen-bond donors (Lipinski definition) is 0. The van der Waals surface area contributed by atoms with Gasteiger partial charge in [0.2, 0.25) is 0 Å². The van der Waals surface area contributed by atoms with Crippen molar-refractivity contribution in [3.63, 3.8) is 0 Å². The highest BCUT2D eigenvalue weighted by Gasteiger charge is 2.27. The minimum atomic E-state index is -0.567. The lowest BCUT2D eigenvalue weighted by atomic mass is 9.98. The van der Waals surface area contributed by atoms with Gasteiger partial charge in [0, 0.05) is 18.7 Å². The lowest BCUT2D eigenvalue weighted by Crippen LogP contribution is -2.42. The van der Waals surface area contributed by atoms with Gasteiger partial charge in [-0.3, -0.25) is 4.79 Å². The zero-order valence-electron chi connectivity index (χ0n) is 14.7. The summed E-state index contributed by atoms with van der Waals surface area (Å²) in [6, 6.07) is 2.68. The molecule has 5 nitrogen and oxygen atoms in total. The summed E-state index contributed by atoms with van der Waals surface area (Å²) in [5.41, 5.74) is -0.253. The van der Waals surface area contributed by atoms with E-state index < -0.39 is 11.4 Å². The SMILES string of the molecule is CC(C)(C)OC(=O)N1CCC(COc2c(F)cc(C=O)cc2Br)CC1. The molecule has 1 heterocycles. The molecule has 1 fully saturated rings. The van der Waals surface area contributed by atoms with Gasteiger partial charge in [0.25, 0.3) is 0 Å². The van der Waals surface area contributed by atoms with Gasteiger partial charge in [0.1, 0.15) is 11.9 Å². The minimum Gasteiger partial charge on any atom is -0.489 e. The molecular formula is C18H23BrFNO4. The average molecular weight is 416 g/mol. The van der Waals surface area contributed by atoms with Crippen LogP contribution in [0.2, 0.25) is 0 Å². The zero-order chi connectivity index (χ0) is 18.6. The van der Waals surface area contributed by atoms with Crippen LogP contribution in [0, 0.1) is 11.7 Å². The van der Waals surface area contributed by atoms with E-state index in [9.17, 15) is 14.0 Å². The Morgan fingerprint density at radius 1 is 1.36 bits per heavy atom. The molecule has 1 aliphatic heterocycles. The van der Waals surface area contributed by atoms with Crippen molar-refractivity contribution in [2.24, 2.45) is 5.92 Å². The fourth-order valence-electron chi connectivity index (χ4n) is 2.60. The Bertz CT molecular complexity index is 613. The van der Waals surface area contributed by atoms with E-state index in [2.05, 4.69) is 15.9 Å². The van der Waals surface area contributed by atoms with E-state index in [1.165, 1.54) is 6.07 Å². The van der Waals surface area contributed by atoms with E-state index in [-0.39, 0.29) is 23.3 Å². The number of carbonyl (C=O) groups is 2. The van der Waals surface area contributed by atoms with Crippen molar-refractivity contribution in [3.8, 4) is 5.75 Å². The molecule has 1 aliphatic rings. The Labute approximate surface area is 155 Å². The molecule has 1 aromatic rings. The Morgan fingerprint density at radius 2 is 2.00 bits per heavy atom. The summed E-state index contributed by atoms with van der Waals surface area (Å²) in [4.78, 5) is 24.5. The van der Waals surface area contributed by atoms with Crippen molar-refractivity contribution in [1.29, 1.82) is 0 Å². The maximum atomic E-state index is 14.0. The lowest BCUT2D eigenvalue weighted by Gasteiger charge is -2.33. The lowest BCUT2D eigenvalue weighted by molar-refractivity contribution is 0.0164. The monoisotopic (exact) mass is 415 g/mol. The summed E-state index contributed by atoms with van der Waals surface area (Å²) >= 11 is 3.23. The first-order valence-electron chi connectivity index (χ1n) is 8.24. The van der Waals surface area contributed by atoms with Gasteiger partial charge >= 0.3 is 6.09 Å². The number of benzene rings is 1. The molecule has 25 heavy (non-hydrogen) atoms. The molecule has 0 aliphatic carbocycles. The third kappa shape index (κ3) is 5.70. The van der Waals surface area contributed by atoms with Gasteiger partial charge in [-0.2, -0.15) is 0 Å². The Morgan fingerprint density at radius 3 is 2.52 bits per heavy atom. The second-order valence-corrected chi connectivity index (χ2v) is 8.01. The van der Waals surface area contributed by atoms with Crippen LogP contribution in [-0.2, 0) is 4.74 Å². The first kappa shape index (κ1) is 19.7. The van der Waals surface area contributed by atoms with Crippen molar-refractivity contribution in [2.75, 3.05) is 19.7 Å². The third-order valence-electron chi connectivity index (χ3n) is 3.89. The van der Waals surface area contributed by atoms with Gasteiger partial charge in [-0.1, -0.05) is 0 Å². The van der Waals surface area contributed by atoms with Crippen molar-refractivity contribution < 1.29 is 23.5 Å². The average Bonchev–Trinajstić information content (AvgIpc) is 2.52. The molecule has 0 N–H and O–H groups in total. The summed E-state index contributed by atoms with van der Waals surface area (Å²) in [7, 11) is 0.